The summed E-state index contributed by atoms with van der Waals surface area (Å²) in [5.41, 5.74) is 5.52. The molecule has 0 aliphatic heterocycles. The highest BCUT2D eigenvalue weighted by atomic mass is 32.1. The van der Waals surface area contributed by atoms with Crippen LogP contribution >= 0.6 is 11.3 Å². The van der Waals surface area contributed by atoms with Crippen LogP contribution in [0.1, 0.15) is 16.6 Å². The van der Waals surface area contributed by atoms with Gasteiger partial charge in [-0.25, -0.2) is 0 Å². The Morgan fingerprint density at radius 1 is 1.47 bits per heavy atom. The standard InChI is InChI=1S/C13H15N3O2S/c1-8(12(14)15-18)16(2)13(17)11-7-9-5-3-4-6-10(9)19-11/h3-8,18H,1-2H3,(H2,14,15). The molecule has 5 nitrogen and oxygen atoms in total. The number of oxime groups is 1. The lowest BCUT2D eigenvalue weighted by Crippen LogP contribution is -2.43. The Hall–Kier alpha value is -2.08. The van der Waals surface area contributed by atoms with Gasteiger partial charge in [0.05, 0.1) is 10.9 Å². The maximum Gasteiger partial charge on any atom is 0.264 e. The van der Waals surface area contributed by atoms with Gasteiger partial charge in [0.2, 0.25) is 0 Å². The minimum Gasteiger partial charge on any atom is -0.409 e. The Morgan fingerprint density at radius 3 is 2.79 bits per heavy atom. The van der Waals surface area contributed by atoms with E-state index in [9.17, 15) is 4.79 Å². The molecule has 1 aromatic heterocycles. The van der Waals surface area contributed by atoms with E-state index in [1.165, 1.54) is 16.2 Å². The van der Waals surface area contributed by atoms with Crippen molar-refractivity contribution in [3.05, 3.63) is 35.2 Å². The van der Waals surface area contributed by atoms with Crippen molar-refractivity contribution in [3.63, 3.8) is 0 Å². The molecule has 6 heteroatoms. The summed E-state index contributed by atoms with van der Waals surface area (Å²) in [5, 5.41) is 12.6. The van der Waals surface area contributed by atoms with Gasteiger partial charge >= 0.3 is 0 Å². The molecule has 100 valence electrons. The first-order valence-electron chi connectivity index (χ1n) is 5.77. The smallest absolute Gasteiger partial charge is 0.264 e. The molecule has 0 aliphatic rings. The van der Waals surface area contributed by atoms with Crippen LogP contribution in [0.25, 0.3) is 10.1 Å². The summed E-state index contributed by atoms with van der Waals surface area (Å²) >= 11 is 1.44. The molecule has 0 saturated heterocycles. The van der Waals surface area contributed by atoms with Crippen LogP contribution in [0.5, 0.6) is 0 Å². The Morgan fingerprint density at radius 2 is 2.16 bits per heavy atom. The summed E-state index contributed by atoms with van der Waals surface area (Å²) < 4.78 is 1.07. The molecule has 19 heavy (non-hydrogen) atoms. The van der Waals surface area contributed by atoms with Gasteiger partial charge in [0.15, 0.2) is 5.84 Å². The van der Waals surface area contributed by atoms with Crippen LogP contribution in [0, 0.1) is 0 Å². The highest BCUT2D eigenvalue weighted by molar-refractivity contribution is 7.20. The summed E-state index contributed by atoms with van der Waals surface area (Å²) in [4.78, 5) is 14.4. The van der Waals surface area contributed by atoms with Crippen molar-refractivity contribution in [2.45, 2.75) is 13.0 Å². The molecular weight excluding hydrogens is 262 g/mol. The topological polar surface area (TPSA) is 78.9 Å². The van der Waals surface area contributed by atoms with Gasteiger partial charge < -0.3 is 15.8 Å². The summed E-state index contributed by atoms with van der Waals surface area (Å²) in [6, 6.07) is 9.22. The third kappa shape index (κ3) is 2.53. The minimum atomic E-state index is -0.456. The molecule has 0 saturated carbocycles. The normalized spacial score (nSPS) is 13.5. The molecule has 0 fully saturated rings. The Labute approximate surface area is 114 Å². The zero-order valence-corrected chi connectivity index (χ0v) is 11.5. The second-order valence-corrected chi connectivity index (χ2v) is 5.35. The number of amidine groups is 1. The van der Waals surface area contributed by atoms with Crippen molar-refractivity contribution in [2.24, 2.45) is 10.9 Å². The predicted octanol–water partition coefficient (Wildman–Crippen LogP) is 2.11. The lowest BCUT2D eigenvalue weighted by Gasteiger charge is -2.22. The van der Waals surface area contributed by atoms with Crippen LogP contribution in [0.4, 0.5) is 0 Å². The monoisotopic (exact) mass is 277 g/mol. The maximum absolute atomic E-state index is 12.3. The van der Waals surface area contributed by atoms with Gasteiger partial charge in [-0.3, -0.25) is 4.79 Å². The van der Waals surface area contributed by atoms with Gasteiger partial charge in [0, 0.05) is 11.7 Å². The van der Waals surface area contributed by atoms with Crippen molar-refractivity contribution >= 4 is 33.2 Å². The van der Waals surface area contributed by atoms with Gasteiger partial charge in [-0.1, -0.05) is 23.4 Å². The number of benzene rings is 1. The molecule has 1 amide bonds. The Balaban J connectivity index is 2.28. The first-order valence-corrected chi connectivity index (χ1v) is 6.59. The number of rotatable bonds is 3. The van der Waals surface area contributed by atoms with Gasteiger partial charge in [-0.2, -0.15) is 0 Å². The third-order valence-corrected chi connectivity index (χ3v) is 4.19. The molecule has 1 unspecified atom stereocenters. The first kappa shape index (κ1) is 13.4. The number of likely N-dealkylation sites (N-methyl/N-ethyl adjacent to an activating group) is 1. The second-order valence-electron chi connectivity index (χ2n) is 4.27. The number of thiophene rings is 1. The fourth-order valence-corrected chi connectivity index (χ4v) is 2.76. The fourth-order valence-electron chi connectivity index (χ4n) is 1.72. The highest BCUT2D eigenvalue weighted by Crippen LogP contribution is 2.26. The molecule has 0 aliphatic carbocycles. The largest absolute Gasteiger partial charge is 0.409 e. The number of hydrogen-bond acceptors (Lipinski definition) is 4. The minimum absolute atomic E-state index is 0.0111. The fraction of sp³-hybridized carbons (Fsp3) is 0.231. The van der Waals surface area contributed by atoms with E-state index in [1.807, 2.05) is 30.3 Å². The quantitative estimate of drug-likeness (QED) is 0.390. The van der Waals surface area contributed by atoms with Crippen LogP contribution in [0.3, 0.4) is 0 Å². The van der Waals surface area contributed by atoms with Crippen molar-refractivity contribution in [1.82, 2.24) is 4.90 Å². The third-order valence-electron chi connectivity index (χ3n) is 3.08. The summed E-state index contributed by atoms with van der Waals surface area (Å²) in [5.74, 6) is -0.128. The van der Waals surface area contributed by atoms with E-state index in [0.717, 1.165) is 10.1 Å². The van der Waals surface area contributed by atoms with E-state index in [-0.39, 0.29) is 11.7 Å². The van der Waals surface area contributed by atoms with Gasteiger partial charge in [0.1, 0.15) is 0 Å². The SMILES string of the molecule is CC(C(N)=NO)N(C)C(=O)c1cc2ccccc2s1. The summed E-state index contributed by atoms with van der Waals surface area (Å²) in [6.45, 7) is 1.71. The molecule has 2 rings (SSSR count). The molecule has 0 spiro atoms. The number of carbonyl (C=O) groups excluding carboxylic acids is 1. The zero-order chi connectivity index (χ0) is 14.0. The first-order chi connectivity index (χ1) is 9.04. The number of carbonyl (C=O) groups is 1. The van der Waals surface area contributed by atoms with Crippen LogP contribution in [-0.4, -0.2) is 34.9 Å². The van der Waals surface area contributed by atoms with E-state index in [2.05, 4.69) is 5.16 Å². The maximum atomic E-state index is 12.3. The number of hydrogen-bond donors (Lipinski definition) is 2. The van der Waals surface area contributed by atoms with E-state index in [0.29, 0.717) is 4.88 Å². The Bertz CT molecular complexity index is 603. The second kappa shape index (κ2) is 5.27. The number of amides is 1. The van der Waals surface area contributed by atoms with Crippen LogP contribution in [0.2, 0.25) is 0 Å². The van der Waals surface area contributed by atoms with Crippen molar-refractivity contribution in [3.8, 4) is 0 Å². The molecule has 0 bridgehead atoms. The highest BCUT2D eigenvalue weighted by Gasteiger charge is 2.22. The zero-order valence-electron chi connectivity index (χ0n) is 10.7. The number of nitrogens with zero attached hydrogens (tertiary/aromatic N) is 2. The molecule has 1 atom stereocenters. The van der Waals surface area contributed by atoms with Crippen LogP contribution < -0.4 is 5.73 Å². The van der Waals surface area contributed by atoms with Crippen LogP contribution in [-0.2, 0) is 0 Å². The lowest BCUT2D eigenvalue weighted by molar-refractivity contribution is 0.0781. The lowest BCUT2D eigenvalue weighted by atomic mass is 10.2. The van der Waals surface area contributed by atoms with Crippen molar-refractivity contribution < 1.29 is 10.0 Å². The average molecular weight is 277 g/mol. The molecule has 1 heterocycles. The van der Waals surface area contributed by atoms with E-state index in [4.69, 9.17) is 10.9 Å². The van der Waals surface area contributed by atoms with Crippen molar-refractivity contribution in [1.29, 1.82) is 0 Å². The Kier molecular flexibility index (Phi) is 3.71. The van der Waals surface area contributed by atoms with Gasteiger partial charge in [-0.05, 0) is 24.4 Å². The van der Waals surface area contributed by atoms with E-state index >= 15 is 0 Å². The molecule has 2 aromatic rings. The van der Waals surface area contributed by atoms with Crippen molar-refractivity contribution in [2.75, 3.05) is 7.05 Å². The van der Waals surface area contributed by atoms with Gasteiger partial charge in [0.25, 0.3) is 5.91 Å². The van der Waals surface area contributed by atoms with Crippen LogP contribution in [0.15, 0.2) is 35.5 Å². The predicted molar refractivity (Wildman–Crippen MR) is 76.8 cm³/mol. The molecular formula is C13H15N3O2S. The molecule has 1 aromatic carbocycles. The molecule has 0 radical (unpaired) electrons. The number of fused-ring (bicyclic) bond motifs is 1. The summed E-state index contributed by atoms with van der Waals surface area (Å²) in [6.07, 6.45) is 0. The number of nitrogens with two attached hydrogens (primary N) is 1. The summed E-state index contributed by atoms with van der Waals surface area (Å²) in [7, 11) is 1.63. The van der Waals surface area contributed by atoms with E-state index < -0.39 is 6.04 Å². The van der Waals surface area contributed by atoms with Gasteiger partial charge in [-0.15, -0.1) is 11.3 Å². The molecule has 3 N–H and O–H groups in total. The average Bonchev–Trinajstić information content (AvgIpc) is 2.87. The van der Waals surface area contributed by atoms with E-state index in [1.54, 1.807) is 14.0 Å².